The van der Waals surface area contributed by atoms with Crippen LogP contribution < -0.4 is 19.7 Å². The van der Waals surface area contributed by atoms with Crippen LogP contribution in [-0.4, -0.2) is 47.6 Å². The van der Waals surface area contributed by atoms with Crippen LogP contribution in [0.2, 0.25) is 0 Å². The molecule has 0 atom stereocenters. The monoisotopic (exact) mass is 515 g/mol. The van der Waals surface area contributed by atoms with Crippen LogP contribution in [0.1, 0.15) is 56.4 Å². The first kappa shape index (κ1) is 25.8. The Morgan fingerprint density at radius 2 is 1.71 bits per heavy atom. The zero-order valence-corrected chi connectivity index (χ0v) is 22.7. The van der Waals surface area contributed by atoms with Gasteiger partial charge in [0.25, 0.3) is 0 Å². The number of fused-ring (bicyclic) bond motifs is 1. The summed E-state index contributed by atoms with van der Waals surface area (Å²) < 4.78 is 11.9. The number of anilines is 2. The SMILES string of the molecule is COc1ccccc1Oc1nc(N2CCC(C)CC2)nc2c1CN(C(=O)Nc1ccc(C(C)C)cc1)CC2. The van der Waals surface area contributed by atoms with Gasteiger partial charge in [-0.05, 0) is 54.5 Å². The maximum atomic E-state index is 13.2. The van der Waals surface area contributed by atoms with E-state index >= 15 is 0 Å². The minimum absolute atomic E-state index is 0.148. The molecule has 0 aliphatic carbocycles. The lowest BCUT2D eigenvalue weighted by molar-refractivity contribution is 0.205. The fourth-order valence-corrected chi connectivity index (χ4v) is 4.94. The van der Waals surface area contributed by atoms with E-state index in [1.54, 1.807) is 12.0 Å². The van der Waals surface area contributed by atoms with Crippen molar-refractivity contribution in [2.75, 3.05) is 37.0 Å². The van der Waals surface area contributed by atoms with Crippen molar-refractivity contribution in [2.45, 2.75) is 52.5 Å². The molecule has 8 nitrogen and oxygen atoms in total. The van der Waals surface area contributed by atoms with E-state index in [1.807, 2.05) is 36.4 Å². The molecule has 1 aromatic heterocycles. The van der Waals surface area contributed by atoms with E-state index in [1.165, 1.54) is 5.56 Å². The second kappa shape index (κ2) is 11.3. The summed E-state index contributed by atoms with van der Waals surface area (Å²) in [6.07, 6.45) is 2.88. The number of aromatic nitrogens is 2. The van der Waals surface area contributed by atoms with E-state index in [9.17, 15) is 4.79 Å². The number of hydrogen-bond donors (Lipinski definition) is 1. The standard InChI is InChI=1S/C30H37N5O3/c1-20(2)22-9-11-23(12-10-22)31-30(36)35-18-15-25-24(19-35)28(38-27-8-6-5-7-26(27)37-4)33-29(32-25)34-16-13-21(3)14-17-34/h5-12,20-21H,13-19H2,1-4H3,(H,31,36). The van der Waals surface area contributed by atoms with Crippen LogP contribution in [0.4, 0.5) is 16.4 Å². The Morgan fingerprint density at radius 1 is 1.00 bits per heavy atom. The van der Waals surface area contributed by atoms with Gasteiger partial charge in [0, 0.05) is 31.7 Å². The van der Waals surface area contributed by atoms with E-state index in [4.69, 9.17) is 19.4 Å². The summed E-state index contributed by atoms with van der Waals surface area (Å²) in [6, 6.07) is 15.4. The number of urea groups is 1. The number of para-hydroxylation sites is 2. The predicted molar refractivity (Wildman–Crippen MR) is 149 cm³/mol. The van der Waals surface area contributed by atoms with Crippen LogP contribution in [0, 0.1) is 5.92 Å². The van der Waals surface area contributed by atoms with Crippen LogP contribution in [0.5, 0.6) is 17.4 Å². The highest BCUT2D eigenvalue weighted by Gasteiger charge is 2.29. The number of nitrogens with one attached hydrogen (secondary N) is 1. The lowest BCUT2D eigenvalue weighted by Gasteiger charge is -2.33. The minimum Gasteiger partial charge on any atom is -0.493 e. The van der Waals surface area contributed by atoms with Gasteiger partial charge in [0.05, 0.1) is 24.9 Å². The highest BCUT2D eigenvalue weighted by Crippen LogP contribution is 2.36. The van der Waals surface area contributed by atoms with Gasteiger partial charge >= 0.3 is 6.03 Å². The van der Waals surface area contributed by atoms with Crippen LogP contribution in [0.3, 0.4) is 0 Å². The van der Waals surface area contributed by atoms with Crippen molar-refractivity contribution in [1.29, 1.82) is 0 Å². The number of piperidine rings is 1. The van der Waals surface area contributed by atoms with Crippen LogP contribution >= 0.6 is 0 Å². The Bertz CT molecular complexity index is 1270. The van der Waals surface area contributed by atoms with Crippen molar-refractivity contribution in [3.63, 3.8) is 0 Å². The molecule has 8 heteroatoms. The molecule has 5 rings (SSSR count). The molecule has 2 aliphatic heterocycles. The molecule has 1 saturated heterocycles. The van der Waals surface area contributed by atoms with Crippen LogP contribution in [0.15, 0.2) is 48.5 Å². The molecule has 2 aromatic carbocycles. The topological polar surface area (TPSA) is 79.8 Å². The highest BCUT2D eigenvalue weighted by molar-refractivity contribution is 5.89. The normalized spacial score (nSPS) is 15.8. The average Bonchev–Trinajstić information content (AvgIpc) is 2.93. The Labute approximate surface area is 225 Å². The maximum absolute atomic E-state index is 13.2. The number of carbonyl (C=O) groups excluding carboxylic acids is 1. The zero-order chi connectivity index (χ0) is 26.6. The van der Waals surface area contributed by atoms with Gasteiger partial charge in [0.15, 0.2) is 11.5 Å². The summed E-state index contributed by atoms with van der Waals surface area (Å²) in [6.45, 7) is 9.40. The predicted octanol–water partition coefficient (Wildman–Crippen LogP) is 6.23. The molecule has 3 aromatic rings. The molecule has 2 amide bonds. The second-order valence-corrected chi connectivity index (χ2v) is 10.6. The van der Waals surface area contributed by atoms with Gasteiger partial charge in [-0.1, -0.05) is 45.0 Å². The van der Waals surface area contributed by atoms with Crippen molar-refractivity contribution < 1.29 is 14.3 Å². The first-order valence-corrected chi connectivity index (χ1v) is 13.5. The van der Waals surface area contributed by atoms with Crippen molar-refractivity contribution in [3.05, 3.63) is 65.4 Å². The Kier molecular flexibility index (Phi) is 7.67. The molecule has 0 bridgehead atoms. The van der Waals surface area contributed by atoms with Gasteiger partial charge in [-0.2, -0.15) is 4.98 Å². The van der Waals surface area contributed by atoms with Crippen molar-refractivity contribution in [2.24, 2.45) is 5.92 Å². The molecule has 0 spiro atoms. The first-order chi connectivity index (χ1) is 18.4. The largest absolute Gasteiger partial charge is 0.493 e. The number of methoxy groups -OCH3 is 1. The van der Waals surface area contributed by atoms with E-state index in [-0.39, 0.29) is 6.03 Å². The molecular formula is C30H37N5O3. The molecule has 200 valence electrons. The summed E-state index contributed by atoms with van der Waals surface area (Å²) in [4.78, 5) is 27.1. The van der Waals surface area contributed by atoms with Gasteiger partial charge < -0.3 is 24.6 Å². The number of nitrogens with zero attached hydrogens (tertiary/aromatic N) is 4. The number of benzene rings is 2. The van der Waals surface area contributed by atoms with Crippen molar-refractivity contribution in [3.8, 4) is 17.4 Å². The molecule has 0 radical (unpaired) electrons. The quantitative estimate of drug-likeness (QED) is 0.419. The smallest absolute Gasteiger partial charge is 0.322 e. The summed E-state index contributed by atoms with van der Waals surface area (Å²) in [5.41, 5.74) is 3.79. The zero-order valence-electron chi connectivity index (χ0n) is 22.7. The second-order valence-electron chi connectivity index (χ2n) is 10.6. The molecule has 1 fully saturated rings. The number of rotatable bonds is 6. The fraction of sp³-hybridized carbons (Fsp3) is 0.433. The molecule has 0 saturated carbocycles. The third kappa shape index (κ3) is 5.69. The first-order valence-electron chi connectivity index (χ1n) is 13.5. The Hall–Kier alpha value is -3.81. The molecular weight excluding hydrogens is 478 g/mol. The van der Waals surface area contributed by atoms with Crippen molar-refractivity contribution >= 4 is 17.7 Å². The Morgan fingerprint density at radius 3 is 2.39 bits per heavy atom. The third-order valence-corrected chi connectivity index (χ3v) is 7.47. The molecule has 1 N–H and O–H groups in total. The van der Waals surface area contributed by atoms with E-state index < -0.39 is 0 Å². The van der Waals surface area contributed by atoms with Gasteiger partial charge in [0.2, 0.25) is 11.8 Å². The van der Waals surface area contributed by atoms with E-state index in [0.29, 0.717) is 54.7 Å². The van der Waals surface area contributed by atoms with E-state index in [0.717, 1.165) is 42.9 Å². The fourth-order valence-electron chi connectivity index (χ4n) is 4.94. The summed E-state index contributed by atoms with van der Waals surface area (Å²) in [5, 5.41) is 3.04. The summed E-state index contributed by atoms with van der Waals surface area (Å²) in [7, 11) is 1.62. The third-order valence-electron chi connectivity index (χ3n) is 7.47. The number of carbonyl (C=O) groups is 1. The lowest BCUT2D eigenvalue weighted by atomic mass is 9.99. The number of hydrogen-bond acceptors (Lipinski definition) is 6. The van der Waals surface area contributed by atoms with Gasteiger partial charge in [-0.15, -0.1) is 0 Å². The molecule has 38 heavy (non-hydrogen) atoms. The average molecular weight is 516 g/mol. The van der Waals surface area contributed by atoms with Crippen LogP contribution in [-0.2, 0) is 13.0 Å². The summed E-state index contributed by atoms with van der Waals surface area (Å²) in [5.74, 6) is 3.54. The highest BCUT2D eigenvalue weighted by atomic mass is 16.5. The Balaban J connectivity index is 1.41. The number of amides is 2. The molecule has 3 heterocycles. The van der Waals surface area contributed by atoms with Crippen molar-refractivity contribution in [1.82, 2.24) is 14.9 Å². The number of ether oxygens (including phenoxy) is 2. The molecule has 0 unspecified atom stereocenters. The minimum atomic E-state index is -0.148. The van der Waals surface area contributed by atoms with Gasteiger partial charge in [0.1, 0.15) is 0 Å². The summed E-state index contributed by atoms with van der Waals surface area (Å²) >= 11 is 0. The lowest BCUT2D eigenvalue weighted by Crippen LogP contribution is -2.40. The maximum Gasteiger partial charge on any atom is 0.322 e. The molecule has 2 aliphatic rings. The van der Waals surface area contributed by atoms with Gasteiger partial charge in [-0.25, -0.2) is 9.78 Å². The van der Waals surface area contributed by atoms with E-state index in [2.05, 4.69) is 43.1 Å². The van der Waals surface area contributed by atoms with Crippen LogP contribution in [0.25, 0.3) is 0 Å². The van der Waals surface area contributed by atoms with Gasteiger partial charge in [-0.3, -0.25) is 0 Å².